The zero-order chi connectivity index (χ0) is 21.4. The molecule has 8 nitrogen and oxygen atoms in total. The van der Waals surface area contributed by atoms with Crippen molar-refractivity contribution in [3.63, 3.8) is 0 Å². The summed E-state index contributed by atoms with van der Waals surface area (Å²) in [5.74, 6) is 1.64. The number of nitrogens with zero attached hydrogens (tertiary/aromatic N) is 6. The van der Waals surface area contributed by atoms with E-state index in [2.05, 4.69) is 25.4 Å². The van der Waals surface area contributed by atoms with Crippen molar-refractivity contribution in [2.45, 2.75) is 26.7 Å². The van der Waals surface area contributed by atoms with Crippen molar-refractivity contribution in [3.8, 4) is 11.4 Å². The standard InChI is InChI=1S/C22H23N7OS/c1-14-15(2)31-22(23-14)24-21(30)17-10-12-28(13-11-17)19-9-8-18-25-26-20(29(18)27-19)16-6-4-3-5-7-16/h3-9,17H,10-13H2,1-2H3,(H,23,24,30). The Balaban J connectivity index is 1.28. The van der Waals surface area contributed by atoms with Gasteiger partial charge in [0.05, 0.1) is 5.69 Å². The SMILES string of the molecule is Cc1nc(NC(=O)C2CCN(c3ccc4nnc(-c5ccccc5)n4n3)CC2)sc1C. The maximum atomic E-state index is 12.7. The number of rotatable bonds is 4. The van der Waals surface area contributed by atoms with E-state index in [1.807, 2.05) is 56.3 Å². The number of thiazole rings is 1. The van der Waals surface area contributed by atoms with E-state index < -0.39 is 0 Å². The van der Waals surface area contributed by atoms with Gasteiger partial charge in [-0.05, 0) is 38.8 Å². The van der Waals surface area contributed by atoms with E-state index in [-0.39, 0.29) is 11.8 Å². The summed E-state index contributed by atoms with van der Waals surface area (Å²) in [6, 6.07) is 13.8. The second-order valence-electron chi connectivity index (χ2n) is 7.76. The Labute approximate surface area is 184 Å². The van der Waals surface area contributed by atoms with Crippen LogP contribution in [0.3, 0.4) is 0 Å². The molecule has 0 spiro atoms. The first-order valence-corrected chi connectivity index (χ1v) is 11.2. The first-order chi connectivity index (χ1) is 15.1. The first-order valence-electron chi connectivity index (χ1n) is 10.4. The number of fused-ring (bicyclic) bond motifs is 1. The summed E-state index contributed by atoms with van der Waals surface area (Å²) in [4.78, 5) is 20.4. The molecule has 1 aromatic carbocycles. The molecule has 1 saturated heterocycles. The van der Waals surface area contributed by atoms with Gasteiger partial charge in [-0.1, -0.05) is 30.3 Å². The summed E-state index contributed by atoms with van der Waals surface area (Å²) in [6.07, 6.45) is 1.56. The molecule has 1 fully saturated rings. The van der Waals surface area contributed by atoms with E-state index in [1.54, 1.807) is 4.52 Å². The smallest absolute Gasteiger partial charge is 0.229 e. The molecule has 158 valence electrons. The monoisotopic (exact) mass is 433 g/mol. The number of amides is 1. The third-order valence-electron chi connectivity index (χ3n) is 5.73. The lowest BCUT2D eigenvalue weighted by Crippen LogP contribution is -2.38. The van der Waals surface area contributed by atoms with Crippen LogP contribution in [0.2, 0.25) is 0 Å². The average Bonchev–Trinajstić information content (AvgIpc) is 3.36. The predicted octanol–water partition coefficient (Wildman–Crippen LogP) is 3.72. The number of hydrogen-bond donors (Lipinski definition) is 1. The molecule has 4 aromatic rings. The molecule has 0 radical (unpaired) electrons. The highest BCUT2D eigenvalue weighted by Crippen LogP contribution is 2.26. The van der Waals surface area contributed by atoms with Gasteiger partial charge in [0.1, 0.15) is 5.82 Å². The molecule has 9 heteroatoms. The topological polar surface area (TPSA) is 88.3 Å². The summed E-state index contributed by atoms with van der Waals surface area (Å²) < 4.78 is 1.79. The lowest BCUT2D eigenvalue weighted by atomic mass is 9.96. The van der Waals surface area contributed by atoms with Gasteiger partial charge in [-0.3, -0.25) is 4.79 Å². The number of carbonyl (C=O) groups is 1. The highest BCUT2D eigenvalue weighted by atomic mass is 32.1. The molecule has 5 rings (SSSR count). The zero-order valence-corrected chi connectivity index (χ0v) is 18.3. The maximum Gasteiger partial charge on any atom is 0.229 e. The molecule has 1 aliphatic rings. The minimum absolute atomic E-state index is 0.0146. The van der Waals surface area contributed by atoms with Crippen LogP contribution in [0.4, 0.5) is 10.9 Å². The Morgan fingerprint density at radius 2 is 1.84 bits per heavy atom. The van der Waals surface area contributed by atoms with Gasteiger partial charge >= 0.3 is 0 Å². The van der Waals surface area contributed by atoms with Crippen LogP contribution in [-0.2, 0) is 4.79 Å². The fourth-order valence-corrected chi connectivity index (χ4v) is 4.64. The second-order valence-corrected chi connectivity index (χ2v) is 8.97. The predicted molar refractivity (Wildman–Crippen MR) is 121 cm³/mol. The lowest BCUT2D eigenvalue weighted by molar-refractivity contribution is -0.120. The van der Waals surface area contributed by atoms with Gasteiger partial charge in [0.15, 0.2) is 16.6 Å². The minimum Gasteiger partial charge on any atom is -0.355 e. The Hall–Kier alpha value is -3.33. The quantitative estimate of drug-likeness (QED) is 0.528. The van der Waals surface area contributed by atoms with Gasteiger partial charge < -0.3 is 10.2 Å². The van der Waals surface area contributed by atoms with Gasteiger partial charge in [0.25, 0.3) is 0 Å². The summed E-state index contributed by atoms with van der Waals surface area (Å²) in [5.41, 5.74) is 2.66. The van der Waals surface area contributed by atoms with Crippen LogP contribution in [-0.4, -0.2) is 43.8 Å². The third kappa shape index (κ3) is 3.88. The van der Waals surface area contributed by atoms with E-state index in [0.29, 0.717) is 10.8 Å². The maximum absolute atomic E-state index is 12.7. The molecule has 0 aliphatic carbocycles. The molecule has 0 bridgehead atoms. The van der Waals surface area contributed by atoms with Crippen molar-refractivity contribution in [1.82, 2.24) is 24.8 Å². The molecule has 0 unspecified atom stereocenters. The third-order valence-corrected chi connectivity index (χ3v) is 6.72. The Morgan fingerprint density at radius 1 is 1.06 bits per heavy atom. The number of benzene rings is 1. The van der Waals surface area contributed by atoms with Crippen molar-refractivity contribution >= 4 is 33.8 Å². The molecule has 0 atom stereocenters. The van der Waals surface area contributed by atoms with Gasteiger partial charge in [-0.15, -0.1) is 26.6 Å². The van der Waals surface area contributed by atoms with E-state index in [1.165, 1.54) is 11.3 Å². The van der Waals surface area contributed by atoms with Crippen molar-refractivity contribution in [2.24, 2.45) is 5.92 Å². The van der Waals surface area contributed by atoms with Crippen molar-refractivity contribution in [1.29, 1.82) is 0 Å². The van der Waals surface area contributed by atoms with E-state index in [9.17, 15) is 4.79 Å². The van der Waals surface area contributed by atoms with Crippen LogP contribution in [0.25, 0.3) is 17.0 Å². The van der Waals surface area contributed by atoms with Gasteiger partial charge in [-0.25, -0.2) is 4.98 Å². The fourth-order valence-electron chi connectivity index (χ4n) is 3.82. The van der Waals surface area contributed by atoms with E-state index in [0.717, 1.165) is 53.7 Å². The second kappa shape index (κ2) is 8.07. The number of aromatic nitrogens is 5. The van der Waals surface area contributed by atoms with Crippen LogP contribution < -0.4 is 10.2 Å². The molecule has 3 aromatic heterocycles. The van der Waals surface area contributed by atoms with E-state index >= 15 is 0 Å². The normalized spacial score (nSPS) is 14.8. The highest BCUT2D eigenvalue weighted by molar-refractivity contribution is 7.15. The van der Waals surface area contributed by atoms with Crippen LogP contribution in [0.15, 0.2) is 42.5 Å². The number of aryl methyl sites for hydroxylation is 2. The molecule has 1 aliphatic heterocycles. The number of piperidine rings is 1. The lowest BCUT2D eigenvalue weighted by Gasteiger charge is -2.31. The Kier molecular flexibility index (Phi) is 5.11. The van der Waals surface area contributed by atoms with Crippen molar-refractivity contribution in [2.75, 3.05) is 23.3 Å². The molecule has 0 saturated carbocycles. The van der Waals surface area contributed by atoms with Crippen LogP contribution in [0.1, 0.15) is 23.4 Å². The minimum atomic E-state index is -0.0146. The first kappa shape index (κ1) is 19.6. The fraction of sp³-hybridized carbons (Fsp3) is 0.318. The molecule has 4 heterocycles. The molecule has 1 amide bonds. The summed E-state index contributed by atoms with van der Waals surface area (Å²) in [6.45, 7) is 5.53. The van der Waals surface area contributed by atoms with Gasteiger partial charge in [-0.2, -0.15) is 4.52 Å². The van der Waals surface area contributed by atoms with Crippen LogP contribution >= 0.6 is 11.3 Å². The number of anilines is 2. The summed E-state index contributed by atoms with van der Waals surface area (Å²) >= 11 is 1.53. The number of carbonyl (C=O) groups excluding carboxylic acids is 1. The Bertz CT molecular complexity index is 1210. The molecular weight excluding hydrogens is 410 g/mol. The zero-order valence-electron chi connectivity index (χ0n) is 17.4. The molecule has 31 heavy (non-hydrogen) atoms. The van der Waals surface area contributed by atoms with Gasteiger partial charge in [0, 0.05) is 29.4 Å². The number of hydrogen-bond acceptors (Lipinski definition) is 7. The van der Waals surface area contributed by atoms with Gasteiger partial charge in [0.2, 0.25) is 5.91 Å². The summed E-state index contributed by atoms with van der Waals surface area (Å²) in [7, 11) is 0. The average molecular weight is 434 g/mol. The van der Waals surface area contributed by atoms with Crippen molar-refractivity contribution in [3.05, 3.63) is 53.0 Å². The van der Waals surface area contributed by atoms with E-state index in [4.69, 9.17) is 5.10 Å². The van der Waals surface area contributed by atoms with Crippen molar-refractivity contribution < 1.29 is 4.79 Å². The summed E-state index contributed by atoms with van der Waals surface area (Å²) in [5, 5.41) is 17.0. The van der Waals surface area contributed by atoms with Crippen LogP contribution in [0.5, 0.6) is 0 Å². The molecular formula is C22H23N7OS. The molecule has 1 N–H and O–H groups in total. The number of nitrogens with one attached hydrogen (secondary N) is 1. The largest absolute Gasteiger partial charge is 0.355 e. The highest BCUT2D eigenvalue weighted by Gasteiger charge is 2.27. The van der Waals surface area contributed by atoms with Crippen LogP contribution in [0, 0.1) is 19.8 Å². The Morgan fingerprint density at radius 3 is 2.55 bits per heavy atom.